The van der Waals surface area contributed by atoms with Crippen molar-refractivity contribution in [2.75, 3.05) is 0 Å². The molecule has 1 aliphatic rings. The molecule has 1 saturated carbocycles. The molecule has 3 rings (SSSR count). The normalized spacial score (nSPS) is 15.9. The molecule has 1 aliphatic carbocycles. The van der Waals surface area contributed by atoms with E-state index in [4.69, 9.17) is 4.42 Å². The summed E-state index contributed by atoms with van der Waals surface area (Å²) in [5, 5.41) is 4.69. The Morgan fingerprint density at radius 2 is 2.25 bits per heavy atom. The summed E-state index contributed by atoms with van der Waals surface area (Å²) in [4.78, 5) is 0. The van der Waals surface area contributed by atoms with Crippen LogP contribution in [0.3, 0.4) is 0 Å². The van der Waals surface area contributed by atoms with Crippen molar-refractivity contribution in [3.05, 3.63) is 34.0 Å². The van der Waals surface area contributed by atoms with E-state index in [9.17, 15) is 0 Å². The SMILES string of the molecule is Cc1c(CNC2CC2)oc2ccc(Br)cc12. The molecule has 1 fully saturated rings. The Morgan fingerprint density at radius 1 is 1.44 bits per heavy atom. The van der Waals surface area contributed by atoms with E-state index in [1.165, 1.54) is 23.8 Å². The number of furan rings is 1. The Balaban J connectivity index is 1.94. The Labute approximate surface area is 103 Å². The van der Waals surface area contributed by atoms with Crippen molar-refractivity contribution in [2.45, 2.75) is 32.4 Å². The molecule has 1 aromatic carbocycles. The van der Waals surface area contributed by atoms with Crippen molar-refractivity contribution in [2.24, 2.45) is 0 Å². The lowest BCUT2D eigenvalue weighted by molar-refractivity contribution is 0.509. The van der Waals surface area contributed by atoms with Gasteiger partial charge in [0.1, 0.15) is 11.3 Å². The van der Waals surface area contributed by atoms with Crippen LogP contribution in [0.25, 0.3) is 11.0 Å². The number of rotatable bonds is 3. The van der Waals surface area contributed by atoms with Crippen molar-refractivity contribution in [3.8, 4) is 0 Å². The van der Waals surface area contributed by atoms with E-state index < -0.39 is 0 Å². The molecule has 84 valence electrons. The van der Waals surface area contributed by atoms with Crippen LogP contribution < -0.4 is 5.32 Å². The van der Waals surface area contributed by atoms with Gasteiger partial charge in [0.15, 0.2) is 0 Å². The molecule has 0 radical (unpaired) electrons. The first-order chi connectivity index (χ1) is 7.74. The molecule has 0 saturated heterocycles. The average molecular weight is 280 g/mol. The van der Waals surface area contributed by atoms with Gasteiger partial charge in [-0.15, -0.1) is 0 Å². The molecule has 0 unspecified atom stereocenters. The van der Waals surface area contributed by atoms with Gasteiger partial charge in [0.05, 0.1) is 6.54 Å². The second-order valence-corrected chi connectivity index (χ2v) is 5.36. The van der Waals surface area contributed by atoms with Crippen molar-refractivity contribution in [1.29, 1.82) is 0 Å². The van der Waals surface area contributed by atoms with Gasteiger partial charge in [-0.1, -0.05) is 15.9 Å². The van der Waals surface area contributed by atoms with Gasteiger partial charge in [-0.05, 0) is 43.5 Å². The molecule has 0 atom stereocenters. The number of hydrogen-bond donors (Lipinski definition) is 1. The van der Waals surface area contributed by atoms with Crippen LogP contribution in [0.4, 0.5) is 0 Å². The number of nitrogens with one attached hydrogen (secondary N) is 1. The molecule has 0 spiro atoms. The first kappa shape index (κ1) is 10.4. The van der Waals surface area contributed by atoms with Crippen LogP contribution in [0.1, 0.15) is 24.2 Å². The molecular weight excluding hydrogens is 266 g/mol. The van der Waals surface area contributed by atoms with Crippen LogP contribution in [0, 0.1) is 6.92 Å². The fraction of sp³-hybridized carbons (Fsp3) is 0.385. The average Bonchev–Trinajstić information content (AvgIpc) is 3.04. The standard InChI is InChI=1S/C13H14BrNO/c1-8-11-6-9(14)2-5-12(11)16-13(8)7-15-10-3-4-10/h2,5-6,10,15H,3-4,7H2,1H3. The summed E-state index contributed by atoms with van der Waals surface area (Å²) in [5.74, 6) is 1.07. The Hall–Kier alpha value is -0.800. The lowest BCUT2D eigenvalue weighted by atomic mass is 10.1. The zero-order valence-corrected chi connectivity index (χ0v) is 10.8. The van der Waals surface area contributed by atoms with Crippen molar-refractivity contribution < 1.29 is 4.42 Å². The summed E-state index contributed by atoms with van der Waals surface area (Å²) in [6.07, 6.45) is 2.62. The summed E-state index contributed by atoms with van der Waals surface area (Å²) in [6, 6.07) is 6.88. The van der Waals surface area contributed by atoms with Gasteiger partial charge < -0.3 is 9.73 Å². The molecule has 1 heterocycles. The maximum atomic E-state index is 5.85. The zero-order valence-electron chi connectivity index (χ0n) is 9.22. The van der Waals surface area contributed by atoms with Gasteiger partial charge in [-0.25, -0.2) is 0 Å². The van der Waals surface area contributed by atoms with E-state index in [0.29, 0.717) is 0 Å². The summed E-state index contributed by atoms with van der Waals surface area (Å²) in [6.45, 7) is 2.98. The van der Waals surface area contributed by atoms with E-state index in [-0.39, 0.29) is 0 Å². The number of benzene rings is 1. The predicted octanol–water partition coefficient (Wildman–Crippen LogP) is 3.76. The highest BCUT2D eigenvalue weighted by molar-refractivity contribution is 9.10. The fourth-order valence-corrected chi connectivity index (χ4v) is 2.30. The molecule has 16 heavy (non-hydrogen) atoms. The predicted molar refractivity (Wildman–Crippen MR) is 68.5 cm³/mol. The first-order valence-electron chi connectivity index (χ1n) is 5.65. The van der Waals surface area contributed by atoms with E-state index in [1.54, 1.807) is 0 Å². The van der Waals surface area contributed by atoms with Crippen molar-refractivity contribution in [3.63, 3.8) is 0 Å². The maximum Gasteiger partial charge on any atom is 0.134 e. The van der Waals surface area contributed by atoms with Crippen molar-refractivity contribution >= 4 is 26.9 Å². The molecular formula is C13H14BrNO. The monoisotopic (exact) mass is 279 g/mol. The topological polar surface area (TPSA) is 25.2 Å². The number of aryl methyl sites for hydroxylation is 1. The summed E-state index contributed by atoms with van der Waals surface area (Å²) < 4.78 is 6.95. The second-order valence-electron chi connectivity index (χ2n) is 4.45. The van der Waals surface area contributed by atoms with Gasteiger partial charge >= 0.3 is 0 Å². The van der Waals surface area contributed by atoms with Crippen LogP contribution in [-0.4, -0.2) is 6.04 Å². The minimum atomic E-state index is 0.722. The van der Waals surface area contributed by atoms with E-state index in [1.807, 2.05) is 12.1 Å². The van der Waals surface area contributed by atoms with Crippen LogP contribution in [-0.2, 0) is 6.54 Å². The van der Waals surface area contributed by atoms with Crippen LogP contribution in [0.15, 0.2) is 27.1 Å². The second kappa shape index (κ2) is 3.90. The molecule has 1 aromatic heterocycles. The van der Waals surface area contributed by atoms with Crippen LogP contribution in [0.2, 0.25) is 0 Å². The molecule has 0 amide bonds. The van der Waals surface area contributed by atoms with Gasteiger partial charge in [0.2, 0.25) is 0 Å². The number of fused-ring (bicyclic) bond motifs is 1. The first-order valence-corrected chi connectivity index (χ1v) is 6.44. The maximum absolute atomic E-state index is 5.85. The molecule has 3 heteroatoms. The van der Waals surface area contributed by atoms with Gasteiger partial charge in [0.25, 0.3) is 0 Å². The summed E-state index contributed by atoms with van der Waals surface area (Å²) in [5.41, 5.74) is 2.23. The minimum Gasteiger partial charge on any atom is -0.459 e. The third-order valence-corrected chi connectivity index (χ3v) is 3.62. The zero-order chi connectivity index (χ0) is 11.1. The lowest BCUT2D eigenvalue weighted by Gasteiger charge is -1.99. The smallest absolute Gasteiger partial charge is 0.134 e. The van der Waals surface area contributed by atoms with Gasteiger partial charge in [-0.2, -0.15) is 0 Å². The lowest BCUT2D eigenvalue weighted by Crippen LogP contribution is -2.15. The summed E-state index contributed by atoms with van der Waals surface area (Å²) >= 11 is 3.49. The molecule has 0 aliphatic heterocycles. The molecule has 2 aromatic rings. The van der Waals surface area contributed by atoms with Crippen LogP contribution >= 0.6 is 15.9 Å². The highest BCUT2D eigenvalue weighted by Gasteiger charge is 2.21. The summed E-state index contributed by atoms with van der Waals surface area (Å²) in [7, 11) is 0. The van der Waals surface area contributed by atoms with Crippen LogP contribution in [0.5, 0.6) is 0 Å². The third kappa shape index (κ3) is 1.89. The van der Waals surface area contributed by atoms with E-state index in [0.717, 1.165) is 28.4 Å². The molecule has 2 nitrogen and oxygen atoms in total. The fourth-order valence-electron chi connectivity index (χ4n) is 1.94. The van der Waals surface area contributed by atoms with Crippen molar-refractivity contribution in [1.82, 2.24) is 5.32 Å². The minimum absolute atomic E-state index is 0.722. The Morgan fingerprint density at radius 3 is 3.00 bits per heavy atom. The Bertz CT molecular complexity index is 528. The number of hydrogen-bond acceptors (Lipinski definition) is 2. The Kier molecular flexibility index (Phi) is 2.52. The third-order valence-electron chi connectivity index (χ3n) is 3.13. The van der Waals surface area contributed by atoms with E-state index >= 15 is 0 Å². The molecule has 1 N–H and O–H groups in total. The highest BCUT2D eigenvalue weighted by Crippen LogP contribution is 2.28. The largest absolute Gasteiger partial charge is 0.459 e. The van der Waals surface area contributed by atoms with Gasteiger partial charge in [0, 0.05) is 15.9 Å². The highest BCUT2D eigenvalue weighted by atomic mass is 79.9. The number of halogens is 1. The van der Waals surface area contributed by atoms with E-state index in [2.05, 4.69) is 34.2 Å². The molecule has 0 bridgehead atoms. The van der Waals surface area contributed by atoms with Gasteiger partial charge in [-0.3, -0.25) is 0 Å². The quantitative estimate of drug-likeness (QED) is 0.926.